The Balaban J connectivity index is 2.35. The van der Waals surface area contributed by atoms with Crippen molar-refractivity contribution in [2.45, 2.75) is 38.8 Å². The Morgan fingerprint density at radius 3 is 2.18 bits per heavy atom. The minimum Gasteiger partial charge on any atom is -0.326 e. The molecule has 0 aromatic heterocycles. The molecule has 0 saturated heterocycles. The van der Waals surface area contributed by atoms with E-state index in [0.717, 1.165) is 12.8 Å². The average Bonchev–Trinajstić information content (AvgIpc) is 2.91. The highest BCUT2D eigenvalue weighted by Crippen LogP contribution is 2.45. The van der Waals surface area contributed by atoms with E-state index in [4.69, 9.17) is 11.6 Å². The number of carbonyl (C=O) groups excluding carboxylic acids is 1. The Morgan fingerprint density at radius 1 is 1.18 bits per heavy atom. The average molecular weight is 332 g/mol. The van der Waals surface area contributed by atoms with Crippen LogP contribution in [0.3, 0.4) is 0 Å². The van der Waals surface area contributed by atoms with Crippen LogP contribution in [0.4, 0.5) is 18.9 Å². The van der Waals surface area contributed by atoms with E-state index in [1.165, 1.54) is 19.1 Å². The normalized spacial score (nSPS) is 17.3. The number of halogens is 4. The number of anilines is 1. The third-order valence-corrected chi connectivity index (χ3v) is 4.19. The second kappa shape index (κ2) is 6.73. The van der Waals surface area contributed by atoms with Gasteiger partial charge >= 0.3 is 6.18 Å². The zero-order valence-corrected chi connectivity index (χ0v) is 12.9. The number of benzene rings is 1. The number of carbonyl (C=O) groups is 1. The quantitative estimate of drug-likeness (QED) is 0.795. The summed E-state index contributed by atoms with van der Waals surface area (Å²) in [7, 11) is 0. The summed E-state index contributed by atoms with van der Waals surface area (Å²) in [5.41, 5.74) is 0.212. The van der Waals surface area contributed by atoms with Gasteiger partial charge in [-0.2, -0.15) is 13.2 Å². The first-order valence-corrected chi connectivity index (χ1v) is 7.51. The molecule has 1 aromatic rings. The van der Waals surface area contributed by atoms with E-state index in [2.05, 4.69) is 5.32 Å². The van der Waals surface area contributed by atoms with Crippen molar-refractivity contribution in [2.24, 2.45) is 5.92 Å². The standard InChI is InChI=1S/C16H17ClF3NO/c1-10(22)21-13-8-6-12(7-9-13)15(17)14(16(18,19)20)11-4-2-3-5-11/h6-9,11H,2-5H2,1H3,(H,21,22)/b15-14+. The van der Waals surface area contributed by atoms with Crippen LogP contribution in [0.25, 0.3) is 5.03 Å². The molecule has 2 rings (SSSR count). The molecule has 6 heteroatoms. The number of alkyl halides is 3. The molecule has 1 N–H and O–H groups in total. The van der Waals surface area contributed by atoms with Gasteiger partial charge in [-0.15, -0.1) is 0 Å². The predicted octanol–water partition coefficient (Wildman–Crippen LogP) is 5.35. The number of nitrogens with one attached hydrogen (secondary N) is 1. The summed E-state index contributed by atoms with van der Waals surface area (Å²) in [6.45, 7) is 1.36. The van der Waals surface area contributed by atoms with E-state index in [9.17, 15) is 18.0 Å². The summed E-state index contributed by atoms with van der Waals surface area (Å²) >= 11 is 6.07. The highest BCUT2D eigenvalue weighted by molar-refractivity contribution is 6.49. The zero-order chi connectivity index (χ0) is 16.3. The van der Waals surface area contributed by atoms with Crippen molar-refractivity contribution in [3.05, 3.63) is 35.4 Å². The maximum Gasteiger partial charge on any atom is 0.414 e. The Kier molecular flexibility index (Phi) is 5.16. The number of rotatable bonds is 3. The van der Waals surface area contributed by atoms with Gasteiger partial charge in [-0.3, -0.25) is 4.79 Å². The molecule has 0 bridgehead atoms. The summed E-state index contributed by atoms with van der Waals surface area (Å²) < 4.78 is 40.1. The fourth-order valence-corrected chi connectivity index (χ4v) is 3.20. The van der Waals surface area contributed by atoms with E-state index in [1.54, 1.807) is 12.1 Å². The van der Waals surface area contributed by atoms with Crippen LogP contribution in [0.2, 0.25) is 0 Å². The minimum absolute atomic E-state index is 0.240. The van der Waals surface area contributed by atoms with Gasteiger partial charge in [-0.05, 0) is 36.5 Å². The summed E-state index contributed by atoms with van der Waals surface area (Å²) in [6.07, 6.45) is -1.78. The monoisotopic (exact) mass is 331 g/mol. The Bertz CT molecular complexity index is 572. The molecule has 1 aliphatic rings. The van der Waals surface area contributed by atoms with E-state index >= 15 is 0 Å². The lowest BCUT2D eigenvalue weighted by Gasteiger charge is -2.20. The highest BCUT2D eigenvalue weighted by Gasteiger charge is 2.41. The van der Waals surface area contributed by atoms with Gasteiger partial charge < -0.3 is 5.32 Å². The van der Waals surface area contributed by atoms with Gasteiger partial charge in [0, 0.05) is 12.6 Å². The Morgan fingerprint density at radius 2 is 1.73 bits per heavy atom. The van der Waals surface area contributed by atoms with Gasteiger partial charge in [0.05, 0.1) is 10.6 Å². The van der Waals surface area contributed by atoms with Crippen molar-refractivity contribution in [1.29, 1.82) is 0 Å². The summed E-state index contributed by atoms with van der Waals surface area (Å²) in [5.74, 6) is -0.765. The minimum atomic E-state index is -4.43. The lowest BCUT2D eigenvalue weighted by Crippen LogP contribution is -2.19. The van der Waals surface area contributed by atoms with E-state index < -0.39 is 17.7 Å². The molecule has 1 aromatic carbocycles. The summed E-state index contributed by atoms with van der Waals surface area (Å²) in [4.78, 5) is 11.0. The van der Waals surface area contributed by atoms with Crippen LogP contribution in [-0.4, -0.2) is 12.1 Å². The van der Waals surface area contributed by atoms with Gasteiger partial charge in [0.2, 0.25) is 5.91 Å². The second-order valence-corrected chi connectivity index (χ2v) is 5.84. The van der Waals surface area contributed by atoms with Crippen LogP contribution < -0.4 is 5.32 Å². The molecule has 0 atom stereocenters. The first kappa shape index (κ1) is 16.9. The van der Waals surface area contributed by atoms with Crippen LogP contribution >= 0.6 is 11.6 Å². The summed E-state index contributed by atoms with van der Waals surface area (Å²) in [6, 6.07) is 6.08. The molecule has 1 saturated carbocycles. The van der Waals surface area contributed by atoms with Crippen molar-refractivity contribution in [2.75, 3.05) is 5.32 Å². The third-order valence-electron chi connectivity index (χ3n) is 3.76. The van der Waals surface area contributed by atoms with Crippen LogP contribution in [0.15, 0.2) is 29.8 Å². The number of amides is 1. The molecule has 1 amide bonds. The summed E-state index contributed by atoms with van der Waals surface area (Å²) in [5, 5.41) is 2.32. The largest absolute Gasteiger partial charge is 0.414 e. The number of hydrogen-bond acceptors (Lipinski definition) is 1. The maximum absolute atomic E-state index is 13.4. The Hall–Kier alpha value is -1.49. The fourth-order valence-electron chi connectivity index (χ4n) is 2.81. The predicted molar refractivity (Wildman–Crippen MR) is 81.5 cm³/mol. The van der Waals surface area contributed by atoms with Gasteiger partial charge in [0.15, 0.2) is 0 Å². The van der Waals surface area contributed by atoms with Gasteiger partial charge in [-0.1, -0.05) is 36.6 Å². The smallest absolute Gasteiger partial charge is 0.326 e. The fraction of sp³-hybridized carbons (Fsp3) is 0.438. The van der Waals surface area contributed by atoms with Crippen molar-refractivity contribution >= 4 is 28.2 Å². The molecular weight excluding hydrogens is 315 g/mol. The van der Waals surface area contributed by atoms with Gasteiger partial charge in [0.1, 0.15) is 0 Å². The van der Waals surface area contributed by atoms with Gasteiger partial charge in [0.25, 0.3) is 0 Å². The van der Waals surface area contributed by atoms with Crippen molar-refractivity contribution in [1.82, 2.24) is 0 Å². The third kappa shape index (κ3) is 4.03. The molecule has 1 fully saturated rings. The molecule has 0 spiro atoms. The topological polar surface area (TPSA) is 29.1 Å². The molecule has 22 heavy (non-hydrogen) atoms. The molecule has 2 nitrogen and oxygen atoms in total. The lowest BCUT2D eigenvalue weighted by atomic mass is 9.94. The molecule has 1 aliphatic carbocycles. The van der Waals surface area contributed by atoms with Crippen LogP contribution in [-0.2, 0) is 4.79 Å². The van der Waals surface area contributed by atoms with E-state index in [0.29, 0.717) is 24.1 Å². The zero-order valence-electron chi connectivity index (χ0n) is 12.1. The molecule has 0 unspecified atom stereocenters. The molecule has 120 valence electrons. The van der Waals surface area contributed by atoms with Crippen LogP contribution in [0.1, 0.15) is 38.2 Å². The van der Waals surface area contributed by atoms with Crippen molar-refractivity contribution in [3.8, 4) is 0 Å². The second-order valence-electron chi connectivity index (χ2n) is 5.47. The first-order chi connectivity index (χ1) is 10.3. The highest BCUT2D eigenvalue weighted by atomic mass is 35.5. The molecular formula is C16H17ClF3NO. The molecule has 0 radical (unpaired) electrons. The molecule has 0 heterocycles. The van der Waals surface area contributed by atoms with Gasteiger partial charge in [-0.25, -0.2) is 0 Å². The van der Waals surface area contributed by atoms with Crippen molar-refractivity contribution < 1.29 is 18.0 Å². The first-order valence-electron chi connectivity index (χ1n) is 7.14. The lowest BCUT2D eigenvalue weighted by molar-refractivity contribution is -0.114. The number of allylic oxidation sites excluding steroid dienone is 1. The molecule has 0 aliphatic heterocycles. The van der Waals surface area contributed by atoms with Crippen LogP contribution in [0.5, 0.6) is 0 Å². The van der Waals surface area contributed by atoms with Crippen LogP contribution in [0, 0.1) is 5.92 Å². The maximum atomic E-state index is 13.4. The van der Waals surface area contributed by atoms with Crippen molar-refractivity contribution in [3.63, 3.8) is 0 Å². The number of hydrogen-bond donors (Lipinski definition) is 1. The SMILES string of the molecule is CC(=O)Nc1ccc(/C(Cl)=C(/C2CCCC2)C(F)(F)F)cc1. The van der Waals surface area contributed by atoms with E-state index in [-0.39, 0.29) is 10.9 Å². The van der Waals surface area contributed by atoms with E-state index in [1.807, 2.05) is 0 Å². The Labute approximate surface area is 132 Å².